The smallest absolute Gasteiger partial charge is 0.235 e. The normalized spacial score (nSPS) is 24.0. The van der Waals surface area contributed by atoms with Crippen LogP contribution in [-0.4, -0.2) is 26.9 Å². The number of aromatic nitrogens is 3. The number of amides is 1. The van der Waals surface area contributed by atoms with Crippen LogP contribution in [0.4, 0.5) is 11.8 Å². The molecule has 2 N–H and O–H groups in total. The highest BCUT2D eigenvalue weighted by Gasteiger charge is 2.44. The summed E-state index contributed by atoms with van der Waals surface area (Å²) in [5.74, 6) is 1.82. The van der Waals surface area contributed by atoms with Gasteiger partial charge in [0.2, 0.25) is 11.9 Å². The molecule has 0 atom stereocenters. The first-order valence-electron chi connectivity index (χ1n) is 8.00. The number of halogens is 1. The lowest BCUT2D eigenvalue weighted by atomic mass is 9.71. The fourth-order valence-electron chi connectivity index (χ4n) is 3.50. The quantitative estimate of drug-likeness (QED) is 0.844. The summed E-state index contributed by atoms with van der Waals surface area (Å²) in [4.78, 5) is 25.0. The number of hydrogen-bond acceptors (Lipinski definition) is 5. The van der Waals surface area contributed by atoms with Crippen molar-refractivity contribution in [2.75, 3.05) is 10.6 Å². The summed E-state index contributed by atoms with van der Waals surface area (Å²) in [6.45, 7) is 3.92. The van der Waals surface area contributed by atoms with Crippen LogP contribution in [0, 0.1) is 0 Å². The van der Waals surface area contributed by atoms with Crippen molar-refractivity contribution in [3.63, 3.8) is 0 Å². The van der Waals surface area contributed by atoms with Gasteiger partial charge in [0.15, 0.2) is 0 Å². The molecule has 0 unspecified atom stereocenters. The second-order valence-electron chi connectivity index (χ2n) is 6.94. The van der Waals surface area contributed by atoms with Crippen molar-refractivity contribution < 1.29 is 4.79 Å². The number of pyridine rings is 1. The number of rotatable bonds is 3. The van der Waals surface area contributed by atoms with Gasteiger partial charge in [-0.25, -0.2) is 15.0 Å². The molecule has 2 aromatic heterocycles. The number of carbonyl (C=O) groups excluding carboxylic acids is 1. The van der Waals surface area contributed by atoms with Crippen LogP contribution in [0.25, 0.3) is 0 Å². The van der Waals surface area contributed by atoms with E-state index < -0.39 is 5.41 Å². The highest BCUT2D eigenvalue weighted by Crippen LogP contribution is 2.46. The molecule has 1 aliphatic heterocycles. The second-order valence-corrected chi connectivity index (χ2v) is 7.85. The van der Waals surface area contributed by atoms with Crippen LogP contribution in [0.1, 0.15) is 43.7 Å². The van der Waals surface area contributed by atoms with Crippen LogP contribution in [0.3, 0.4) is 0 Å². The van der Waals surface area contributed by atoms with E-state index >= 15 is 0 Å². The molecule has 2 aromatic rings. The predicted molar refractivity (Wildman–Crippen MR) is 95.0 cm³/mol. The highest BCUT2D eigenvalue weighted by atomic mass is 79.9. The van der Waals surface area contributed by atoms with E-state index in [4.69, 9.17) is 0 Å². The molecule has 7 heteroatoms. The highest BCUT2D eigenvalue weighted by molar-refractivity contribution is 9.10. The Bertz CT molecular complexity index is 799. The molecule has 1 aliphatic carbocycles. The zero-order valence-corrected chi connectivity index (χ0v) is 15.1. The summed E-state index contributed by atoms with van der Waals surface area (Å²) >= 11 is 3.33. The minimum Gasteiger partial charge on any atom is -0.351 e. The maximum atomic E-state index is 12.2. The Morgan fingerprint density at radius 2 is 1.96 bits per heavy atom. The molecule has 3 heterocycles. The van der Waals surface area contributed by atoms with Gasteiger partial charge in [0.05, 0.1) is 9.89 Å². The number of carbonyl (C=O) groups is 1. The van der Waals surface area contributed by atoms with Crippen LogP contribution in [-0.2, 0) is 10.2 Å². The van der Waals surface area contributed by atoms with E-state index in [9.17, 15) is 4.79 Å². The molecule has 2 aliphatic rings. The first-order valence-corrected chi connectivity index (χ1v) is 8.79. The van der Waals surface area contributed by atoms with Crippen LogP contribution in [0.15, 0.2) is 29.1 Å². The molecule has 24 heavy (non-hydrogen) atoms. The third-order valence-corrected chi connectivity index (χ3v) is 5.35. The summed E-state index contributed by atoms with van der Waals surface area (Å²) in [5.41, 5.74) is 1.77. The van der Waals surface area contributed by atoms with Crippen LogP contribution in [0.2, 0.25) is 0 Å². The Kier molecular flexibility index (Phi) is 3.56. The Morgan fingerprint density at radius 1 is 1.25 bits per heavy atom. The maximum Gasteiger partial charge on any atom is 0.235 e. The molecule has 6 nitrogen and oxygen atoms in total. The lowest BCUT2D eigenvalue weighted by Gasteiger charge is -2.38. The van der Waals surface area contributed by atoms with Crippen LogP contribution < -0.4 is 10.6 Å². The van der Waals surface area contributed by atoms with Crippen molar-refractivity contribution in [2.24, 2.45) is 0 Å². The lowest BCUT2D eigenvalue weighted by Crippen LogP contribution is -2.36. The molecule has 1 amide bonds. The van der Waals surface area contributed by atoms with Crippen molar-refractivity contribution in [1.82, 2.24) is 15.0 Å². The summed E-state index contributed by atoms with van der Waals surface area (Å²) < 4.78 is 0.867. The average molecular weight is 388 g/mol. The van der Waals surface area contributed by atoms with Gasteiger partial charge in [-0.2, -0.15) is 0 Å². The summed E-state index contributed by atoms with van der Waals surface area (Å²) in [5, 5.41) is 6.26. The molecule has 0 saturated heterocycles. The molecule has 1 fully saturated rings. The van der Waals surface area contributed by atoms with E-state index in [0.29, 0.717) is 17.9 Å². The largest absolute Gasteiger partial charge is 0.351 e. The van der Waals surface area contributed by atoms with Gasteiger partial charge < -0.3 is 10.6 Å². The average Bonchev–Trinajstić information content (AvgIpc) is 2.74. The molecule has 0 bridgehead atoms. The number of nitrogens with zero attached hydrogens (tertiary/aromatic N) is 3. The molecule has 0 radical (unpaired) electrons. The molecule has 4 rings (SSSR count). The first kappa shape index (κ1) is 15.5. The molecule has 1 saturated carbocycles. The molecule has 0 aromatic carbocycles. The van der Waals surface area contributed by atoms with Gasteiger partial charge in [-0.05, 0) is 60.2 Å². The molecule has 0 spiro atoms. The van der Waals surface area contributed by atoms with Gasteiger partial charge in [0, 0.05) is 30.2 Å². The van der Waals surface area contributed by atoms with Gasteiger partial charge in [-0.3, -0.25) is 4.79 Å². The zero-order chi connectivity index (χ0) is 16.9. The van der Waals surface area contributed by atoms with Gasteiger partial charge in [-0.1, -0.05) is 0 Å². The fraction of sp³-hybridized carbons (Fsp3) is 0.412. The van der Waals surface area contributed by atoms with Gasteiger partial charge in [0.25, 0.3) is 0 Å². The second kappa shape index (κ2) is 5.51. The van der Waals surface area contributed by atoms with Gasteiger partial charge in [0.1, 0.15) is 5.82 Å². The Balaban J connectivity index is 1.50. The van der Waals surface area contributed by atoms with E-state index in [1.54, 1.807) is 18.6 Å². The van der Waals surface area contributed by atoms with E-state index in [2.05, 4.69) is 47.6 Å². The summed E-state index contributed by atoms with van der Waals surface area (Å²) in [7, 11) is 0. The van der Waals surface area contributed by atoms with Crippen LogP contribution in [0.5, 0.6) is 0 Å². The van der Waals surface area contributed by atoms with E-state index in [1.807, 2.05) is 13.8 Å². The fourth-order valence-corrected chi connectivity index (χ4v) is 3.71. The van der Waals surface area contributed by atoms with Crippen molar-refractivity contribution in [2.45, 2.75) is 44.1 Å². The molecular formula is C17H18BrN5O. The Labute approximate surface area is 148 Å². The summed E-state index contributed by atoms with van der Waals surface area (Å²) in [6.07, 6.45) is 7.26. The van der Waals surface area contributed by atoms with E-state index in [0.717, 1.165) is 28.7 Å². The van der Waals surface area contributed by atoms with Crippen molar-refractivity contribution in [1.29, 1.82) is 0 Å². The van der Waals surface area contributed by atoms with Gasteiger partial charge >= 0.3 is 0 Å². The topological polar surface area (TPSA) is 79.8 Å². The standard InChI is InChI=1S/C17H18BrN5O/c1-17(2)13-12(3-4-19-14(13)23-15(17)24)9-5-11(6-9)22-16-20-7-10(18)8-21-16/h3-4,7-9,11H,5-6H2,1-2H3,(H,19,23,24)(H,20,21,22). The van der Waals surface area contributed by atoms with E-state index in [-0.39, 0.29) is 5.91 Å². The number of nitrogens with one attached hydrogen (secondary N) is 2. The van der Waals surface area contributed by atoms with E-state index in [1.165, 1.54) is 5.56 Å². The third-order valence-electron chi connectivity index (χ3n) is 4.94. The zero-order valence-electron chi connectivity index (χ0n) is 13.5. The Morgan fingerprint density at radius 3 is 2.67 bits per heavy atom. The SMILES string of the molecule is CC1(C)C(=O)Nc2nccc(C3CC(Nc4ncc(Br)cn4)C3)c21. The van der Waals surface area contributed by atoms with Crippen molar-refractivity contribution in [3.8, 4) is 0 Å². The molecular weight excluding hydrogens is 370 g/mol. The Hall–Kier alpha value is -2.02. The third kappa shape index (κ3) is 2.47. The van der Waals surface area contributed by atoms with Crippen molar-refractivity contribution >= 4 is 33.6 Å². The van der Waals surface area contributed by atoms with Crippen LogP contribution >= 0.6 is 15.9 Å². The first-order chi connectivity index (χ1) is 11.4. The maximum absolute atomic E-state index is 12.2. The van der Waals surface area contributed by atoms with Crippen molar-refractivity contribution in [3.05, 3.63) is 40.3 Å². The number of anilines is 2. The predicted octanol–water partition coefficient (Wildman–Crippen LogP) is 3.22. The number of fused-ring (bicyclic) bond motifs is 1. The lowest BCUT2D eigenvalue weighted by molar-refractivity contribution is -0.119. The van der Waals surface area contributed by atoms with Gasteiger partial charge in [-0.15, -0.1) is 0 Å². The number of hydrogen-bond donors (Lipinski definition) is 2. The minimum absolute atomic E-state index is 0.0229. The summed E-state index contributed by atoms with van der Waals surface area (Å²) in [6, 6.07) is 2.41. The minimum atomic E-state index is -0.522. The molecule has 124 valence electrons. The monoisotopic (exact) mass is 387 g/mol.